The van der Waals surface area contributed by atoms with Gasteiger partial charge in [0.25, 0.3) is 0 Å². The van der Waals surface area contributed by atoms with Crippen molar-refractivity contribution in [3.8, 4) is 0 Å². The van der Waals surface area contributed by atoms with E-state index in [4.69, 9.17) is 0 Å². The Hall–Kier alpha value is -0.340. The summed E-state index contributed by atoms with van der Waals surface area (Å²) in [5, 5.41) is 0. The smallest absolute Gasteiger partial charge is 0.209 e. The van der Waals surface area contributed by atoms with Gasteiger partial charge in [-0.05, 0) is 12.5 Å². The van der Waals surface area contributed by atoms with Gasteiger partial charge in [-0.1, -0.05) is 13.5 Å². The molecule has 0 atom stereocenters. The second-order valence-electron chi connectivity index (χ2n) is 3.49. The van der Waals surface area contributed by atoms with E-state index in [1.807, 2.05) is 0 Å². The van der Waals surface area contributed by atoms with Crippen LogP contribution in [-0.4, -0.2) is 37.5 Å². The minimum atomic E-state index is 0. The molecule has 0 saturated heterocycles. The van der Waals surface area contributed by atoms with Crippen LogP contribution < -0.4 is 12.4 Å². The fourth-order valence-electron chi connectivity index (χ4n) is 1.17. The van der Waals surface area contributed by atoms with Crippen molar-refractivity contribution in [3.63, 3.8) is 0 Å². The molecule has 0 amide bonds. The molecule has 0 aliphatic rings. The van der Waals surface area contributed by atoms with Gasteiger partial charge in [-0.2, -0.15) is 0 Å². The van der Waals surface area contributed by atoms with E-state index in [9.17, 15) is 4.79 Å². The quantitative estimate of drug-likeness (QED) is 0.372. The molecule has 12 heavy (non-hydrogen) atoms. The van der Waals surface area contributed by atoms with Gasteiger partial charge in [0.2, 0.25) is 5.78 Å². The predicted molar refractivity (Wildman–Crippen MR) is 47.3 cm³/mol. The van der Waals surface area contributed by atoms with Crippen molar-refractivity contribution < 1.29 is 21.7 Å². The molecule has 0 radical (unpaired) electrons. The van der Waals surface area contributed by atoms with Gasteiger partial charge < -0.3 is 16.9 Å². The SMILES string of the molecule is C=CC(=O)C[N+](C)(C)CCC.[Cl-]. The van der Waals surface area contributed by atoms with Gasteiger partial charge in [0.1, 0.15) is 6.54 Å². The summed E-state index contributed by atoms with van der Waals surface area (Å²) in [6.45, 7) is 7.18. The van der Waals surface area contributed by atoms with Crippen molar-refractivity contribution in [2.75, 3.05) is 27.2 Å². The van der Waals surface area contributed by atoms with Crippen LogP contribution >= 0.6 is 0 Å². The summed E-state index contributed by atoms with van der Waals surface area (Å²) < 4.78 is 0.765. The summed E-state index contributed by atoms with van der Waals surface area (Å²) in [7, 11) is 4.12. The van der Waals surface area contributed by atoms with Crippen molar-refractivity contribution in [3.05, 3.63) is 12.7 Å². The molecule has 0 saturated carbocycles. The van der Waals surface area contributed by atoms with Crippen LogP contribution in [0, 0.1) is 0 Å². The molecule has 3 heteroatoms. The lowest BCUT2D eigenvalue weighted by Crippen LogP contribution is -3.00. The third-order valence-corrected chi connectivity index (χ3v) is 1.64. The lowest BCUT2D eigenvalue weighted by atomic mass is 10.3. The van der Waals surface area contributed by atoms with Crippen LogP contribution in [0.4, 0.5) is 0 Å². The Morgan fingerprint density at radius 2 is 2.00 bits per heavy atom. The first-order valence-electron chi connectivity index (χ1n) is 3.99. The Balaban J connectivity index is 0. The third-order valence-electron chi connectivity index (χ3n) is 1.64. The largest absolute Gasteiger partial charge is 1.00 e. The van der Waals surface area contributed by atoms with E-state index in [1.165, 1.54) is 6.08 Å². The van der Waals surface area contributed by atoms with Crippen LogP contribution in [0.15, 0.2) is 12.7 Å². The minimum Gasteiger partial charge on any atom is -1.00 e. The van der Waals surface area contributed by atoms with E-state index in [0.717, 1.165) is 17.4 Å². The molecule has 0 aliphatic carbocycles. The van der Waals surface area contributed by atoms with Crippen molar-refractivity contribution >= 4 is 5.78 Å². The molecule has 0 rings (SSSR count). The highest BCUT2D eigenvalue weighted by Gasteiger charge is 2.16. The standard InChI is InChI=1S/C9H18NO.ClH/c1-5-7-10(3,4)8-9(11)6-2;/h6H,2,5,7-8H2,1,3-4H3;1H/q+1;/p-1. The second kappa shape index (κ2) is 6.21. The fourth-order valence-corrected chi connectivity index (χ4v) is 1.17. The molecule has 0 aliphatic heterocycles. The first-order chi connectivity index (χ1) is 5.02. The van der Waals surface area contributed by atoms with Gasteiger partial charge in [-0.25, -0.2) is 0 Å². The van der Waals surface area contributed by atoms with Gasteiger partial charge in [0, 0.05) is 0 Å². The normalized spacial score (nSPS) is 10.2. The summed E-state index contributed by atoms with van der Waals surface area (Å²) in [5.41, 5.74) is 0. The average molecular weight is 192 g/mol. The van der Waals surface area contributed by atoms with E-state index in [-0.39, 0.29) is 18.2 Å². The number of nitrogens with zero attached hydrogens (tertiary/aromatic N) is 1. The highest BCUT2D eigenvalue weighted by molar-refractivity contribution is 5.90. The Morgan fingerprint density at radius 3 is 2.33 bits per heavy atom. The van der Waals surface area contributed by atoms with Crippen LogP contribution in [0.1, 0.15) is 13.3 Å². The first kappa shape index (κ1) is 14.2. The van der Waals surface area contributed by atoms with E-state index in [1.54, 1.807) is 0 Å². The maximum atomic E-state index is 11.0. The molecule has 0 unspecified atom stereocenters. The fraction of sp³-hybridized carbons (Fsp3) is 0.667. The van der Waals surface area contributed by atoms with Gasteiger partial charge >= 0.3 is 0 Å². The topological polar surface area (TPSA) is 17.1 Å². The van der Waals surface area contributed by atoms with Crippen molar-refractivity contribution in [2.45, 2.75) is 13.3 Å². The average Bonchev–Trinajstić information content (AvgIpc) is 1.86. The highest BCUT2D eigenvalue weighted by Crippen LogP contribution is 1.98. The Morgan fingerprint density at radius 1 is 1.50 bits per heavy atom. The lowest BCUT2D eigenvalue weighted by molar-refractivity contribution is -0.882. The maximum absolute atomic E-state index is 11.0. The monoisotopic (exact) mass is 191 g/mol. The number of halogens is 1. The van der Waals surface area contributed by atoms with Crippen LogP contribution in [0.5, 0.6) is 0 Å². The Kier molecular flexibility index (Phi) is 7.34. The van der Waals surface area contributed by atoms with Crippen molar-refractivity contribution in [1.82, 2.24) is 0 Å². The molecule has 0 aromatic heterocycles. The number of hydrogen-bond acceptors (Lipinski definition) is 1. The minimum absolute atomic E-state index is 0. The molecule has 2 nitrogen and oxygen atoms in total. The second-order valence-corrected chi connectivity index (χ2v) is 3.49. The zero-order valence-electron chi connectivity index (χ0n) is 8.14. The zero-order valence-corrected chi connectivity index (χ0v) is 8.90. The molecule has 0 spiro atoms. The van der Waals surface area contributed by atoms with Crippen LogP contribution in [0.3, 0.4) is 0 Å². The Labute approximate surface area is 81.3 Å². The number of carbonyl (C=O) groups is 1. The summed E-state index contributed by atoms with van der Waals surface area (Å²) in [6.07, 6.45) is 2.51. The third kappa shape index (κ3) is 6.38. The Bertz CT molecular complexity index is 155. The molecule has 0 heterocycles. The number of ketones is 1. The van der Waals surface area contributed by atoms with Crippen LogP contribution in [-0.2, 0) is 4.79 Å². The molecule has 0 fully saturated rings. The van der Waals surface area contributed by atoms with E-state index < -0.39 is 0 Å². The maximum Gasteiger partial charge on any atom is 0.209 e. The van der Waals surface area contributed by atoms with Gasteiger partial charge in [-0.15, -0.1) is 0 Å². The van der Waals surface area contributed by atoms with Crippen LogP contribution in [0.2, 0.25) is 0 Å². The number of rotatable bonds is 5. The number of likely N-dealkylation sites (N-methyl/N-ethyl adjacent to an activating group) is 1. The predicted octanol–water partition coefficient (Wildman–Crippen LogP) is -1.77. The summed E-state index contributed by atoms with van der Waals surface area (Å²) >= 11 is 0. The number of quaternary nitrogens is 1. The molecular weight excluding hydrogens is 174 g/mol. The van der Waals surface area contributed by atoms with E-state index in [2.05, 4.69) is 27.6 Å². The van der Waals surface area contributed by atoms with E-state index in [0.29, 0.717) is 6.54 Å². The highest BCUT2D eigenvalue weighted by atomic mass is 35.5. The summed E-state index contributed by atoms with van der Waals surface area (Å²) in [5.74, 6) is 0.128. The van der Waals surface area contributed by atoms with Crippen LogP contribution in [0.25, 0.3) is 0 Å². The summed E-state index contributed by atoms with van der Waals surface area (Å²) in [4.78, 5) is 11.0. The number of carbonyl (C=O) groups excluding carboxylic acids is 1. The molecular formula is C9H18ClNO. The van der Waals surface area contributed by atoms with Gasteiger partial charge in [0.15, 0.2) is 0 Å². The number of hydrogen-bond donors (Lipinski definition) is 0. The summed E-state index contributed by atoms with van der Waals surface area (Å²) in [6, 6.07) is 0. The molecule has 72 valence electrons. The van der Waals surface area contributed by atoms with Gasteiger partial charge in [-0.3, -0.25) is 4.79 Å². The molecule has 0 aromatic carbocycles. The van der Waals surface area contributed by atoms with Crippen molar-refractivity contribution in [2.24, 2.45) is 0 Å². The van der Waals surface area contributed by atoms with E-state index >= 15 is 0 Å². The van der Waals surface area contributed by atoms with Gasteiger partial charge in [0.05, 0.1) is 20.6 Å². The molecule has 0 bridgehead atoms. The first-order valence-corrected chi connectivity index (χ1v) is 3.99. The zero-order chi connectivity index (χ0) is 8.91. The molecule has 0 N–H and O–H groups in total. The van der Waals surface area contributed by atoms with Crippen molar-refractivity contribution in [1.29, 1.82) is 0 Å². The molecule has 0 aromatic rings. The lowest BCUT2D eigenvalue weighted by Gasteiger charge is -2.27.